The summed E-state index contributed by atoms with van der Waals surface area (Å²) in [5.74, 6) is 6.93. The molecule has 0 fully saturated rings. The zero-order valence-corrected chi connectivity index (χ0v) is 9.56. The highest BCUT2D eigenvalue weighted by Gasteiger charge is 2.13. The fraction of sp³-hybridized carbons (Fsp3) is 0.500. The summed E-state index contributed by atoms with van der Waals surface area (Å²) in [6, 6.07) is 1.51. The third-order valence-electron chi connectivity index (χ3n) is 2.01. The number of thioether (sulfide) groups is 1. The van der Waals surface area contributed by atoms with E-state index in [4.69, 9.17) is 5.84 Å². The van der Waals surface area contributed by atoms with Crippen molar-refractivity contribution in [2.24, 2.45) is 5.84 Å². The Labute approximate surface area is 93.6 Å². The highest BCUT2D eigenvalue weighted by molar-refractivity contribution is 7.99. The fourth-order valence-corrected chi connectivity index (χ4v) is 2.21. The Balaban J connectivity index is 2.61. The molecule has 0 radical (unpaired) electrons. The van der Waals surface area contributed by atoms with Gasteiger partial charge >= 0.3 is 0 Å². The van der Waals surface area contributed by atoms with Gasteiger partial charge in [0.05, 0.1) is 12.2 Å². The summed E-state index contributed by atoms with van der Waals surface area (Å²) in [5.41, 5.74) is 3.21. The molecule has 0 saturated carbocycles. The summed E-state index contributed by atoms with van der Waals surface area (Å²) in [6.45, 7) is 2.12. The lowest BCUT2D eigenvalue weighted by Gasteiger charge is -2.15. The minimum Gasteiger partial charge on any atom is -0.271 e. The van der Waals surface area contributed by atoms with Crippen LogP contribution >= 0.6 is 11.8 Å². The Bertz CT molecular complexity index is 296. The number of rotatable bonds is 6. The van der Waals surface area contributed by atoms with Crippen LogP contribution in [0, 0.1) is 5.82 Å². The number of pyridine rings is 1. The molecule has 0 aliphatic rings. The van der Waals surface area contributed by atoms with Crippen molar-refractivity contribution >= 4 is 11.8 Å². The molecule has 0 saturated heterocycles. The SMILES string of the molecule is CCCSCC(NN)c1ccncc1F. The smallest absolute Gasteiger partial charge is 0.146 e. The summed E-state index contributed by atoms with van der Waals surface area (Å²) in [4.78, 5) is 3.71. The molecule has 3 N–H and O–H groups in total. The maximum absolute atomic E-state index is 13.4. The molecule has 0 aliphatic carbocycles. The summed E-state index contributed by atoms with van der Waals surface area (Å²) in [6.07, 6.45) is 3.90. The van der Waals surface area contributed by atoms with Crippen molar-refractivity contribution in [2.75, 3.05) is 11.5 Å². The van der Waals surface area contributed by atoms with Crippen molar-refractivity contribution in [3.05, 3.63) is 29.8 Å². The molecule has 1 aromatic rings. The van der Waals surface area contributed by atoms with Crippen LogP contribution in [0.5, 0.6) is 0 Å². The van der Waals surface area contributed by atoms with Crippen LogP contribution < -0.4 is 11.3 Å². The van der Waals surface area contributed by atoms with Gasteiger partial charge < -0.3 is 0 Å². The van der Waals surface area contributed by atoms with Crippen molar-refractivity contribution in [1.82, 2.24) is 10.4 Å². The van der Waals surface area contributed by atoms with E-state index in [1.54, 1.807) is 24.0 Å². The molecule has 0 aromatic carbocycles. The second kappa shape index (κ2) is 6.76. The first kappa shape index (κ1) is 12.4. The van der Waals surface area contributed by atoms with Gasteiger partial charge in [0.2, 0.25) is 0 Å². The first-order valence-electron chi connectivity index (χ1n) is 4.92. The highest BCUT2D eigenvalue weighted by atomic mass is 32.2. The van der Waals surface area contributed by atoms with Gasteiger partial charge in [0.15, 0.2) is 0 Å². The minimum atomic E-state index is -0.308. The maximum atomic E-state index is 13.4. The molecule has 1 rings (SSSR count). The van der Waals surface area contributed by atoms with E-state index in [9.17, 15) is 4.39 Å². The van der Waals surface area contributed by atoms with Crippen LogP contribution in [0.25, 0.3) is 0 Å². The van der Waals surface area contributed by atoms with Crippen LogP contribution in [-0.4, -0.2) is 16.5 Å². The third kappa shape index (κ3) is 3.77. The Kier molecular flexibility index (Phi) is 5.60. The Hall–Kier alpha value is -0.650. The number of hydrazine groups is 1. The maximum Gasteiger partial charge on any atom is 0.146 e. The molecule has 0 bridgehead atoms. The molecule has 3 nitrogen and oxygen atoms in total. The van der Waals surface area contributed by atoms with Crippen molar-refractivity contribution in [1.29, 1.82) is 0 Å². The number of hydrogen-bond donors (Lipinski definition) is 2. The third-order valence-corrected chi connectivity index (χ3v) is 3.28. The van der Waals surface area contributed by atoms with E-state index >= 15 is 0 Å². The highest BCUT2D eigenvalue weighted by Crippen LogP contribution is 2.19. The van der Waals surface area contributed by atoms with E-state index in [0.717, 1.165) is 17.9 Å². The van der Waals surface area contributed by atoms with Crippen LogP contribution in [0.15, 0.2) is 18.5 Å². The van der Waals surface area contributed by atoms with E-state index < -0.39 is 0 Å². The molecule has 1 atom stereocenters. The van der Waals surface area contributed by atoms with Gasteiger partial charge in [-0.15, -0.1) is 0 Å². The monoisotopic (exact) mass is 229 g/mol. The molecule has 15 heavy (non-hydrogen) atoms. The number of nitrogens with two attached hydrogens (primary N) is 1. The molecule has 5 heteroatoms. The number of nitrogens with zero attached hydrogens (tertiary/aromatic N) is 1. The van der Waals surface area contributed by atoms with Gasteiger partial charge in [0.25, 0.3) is 0 Å². The van der Waals surface area contributed by atoms with Crippen LogP contribution in [-0.2, 0) is 0 Å². The largest absolute Gasteiger partial charge is 0.271 e. The molecule has 0 spiro atoms. The second-order valence-corrected chi connectivity index (χ2v) is 4.34. The van der Waals surface area contributed by atoms with E-state index in [1.807, 2.05) is 0 Å². The Morgan fingerprint density at radius 2 is 2.47 bits per heavy atom. The van der Waals surface area contributed by atoms with Gasteiger partial charge in [0, 0.05) is 17.5 Å². The Morgan fingerprint density at radius 3 is 3.07 bits per heavy atom. The Morgan fingerprint density at radius 1 is 1.67 bits per heavy atom. The number of halogens is 1. The van der Waals surface area contributed by atoms with Crippen molar-refractivity contribution in [3.63, 3.8) is 0 Å². The molecule has 0 amide bonds. The molecular weight excluding hydrogens is 213 g/mol. The van der Waals surface area contributed by atoms with Gasteiger partial charge in [-0.2, -0.15) is 11.8 Å². The van der Waals surface area contributed by atoms with Gasteiger partial charge in [-0.1, -0.05) is 6.92 Å². The van der Waals surface area contributed by atoms with Crippen molar-refractivity contribution < 1.29 is 4.39 Å². The average molecular weight is 229 g/mol. The van der Waals surface area contributed by atoms with Gasteiger partial charge in [-0.25, -0.2) is 4.39 Å². The van der Waals surface area contributed by atoms with Crippen LogP contribution in [0.1, 0.15) is 24.9 Å². The molecule has 0 aliphatic heterocycles. The van der Waals surface area contributed by atoms with Gasteiger partial charge in [-0.3, -0.25) is 16.3 Å². The predicted octanol–water partition coefficient (Wildman–Crippen LogP) is 1.87. The van der Waals surface area contributed by atoms with E-state index in [-0.39, 0.29) is 11.9 Å². The quantitative estimate of drug-likeness (QED) is 0.444. The summed E-state index contributed by atoms with van der Waals surface area (Å²) in [5, 5.41) is 0. The van der Waals surface area contributed by atoms with Crippen molar-refractivity contribution in [2.45, 2.75) is 19.4 Å². The lowest BCUT2D eigenvalue weighted by atomic mass is 10.1. The number of nitrogens with one attached hydrogen (secondary N) is 1. The molecule has 84 valence electrons. The molecule has 1 aromatic heterocycles. The fourth-order valence-electron chi connectivity index (χ4n) is 1.24. The first-order chi connectivity index (χ1) is 7.29. The lowest BCUT2D eigenvalue weighted by Crippen LogP contribution is -2.30. The molecule has 1 unspecified atom stereocenters. The minimum absolute atomic E-state index is 0.149. The molecule has 1 heterocycles. The zero-order chi connectivity index (χ0) is 11.1. The molecular formula is C10H16FN3S. The van der Waals surface area contributed by atoms with Gasteiger partial charge in [-0.05, 0) is 18.2 Å². The topological polar surface area (TPSA) is 50.9 Å². The first-order valence-corrected chi connectivity index (χ1v) is 6.08. The van der Waals surface area contributed by atoms with Gasteiger partial charge in [0.1, 0.15) is 5.82 Å². The normalized spacial score (nSPS) is 12.7. The van der Waals surface area contributed by atoms with E-state index in [2.05, 4.69) is 17.3 Å². The standard InChI is InChI=1S/C10H16FN3S/c1-2-5-15-7-10(14-12)8-3-4-13-6-9(8)11/h3-4,6,10,14H,2,5,7,12H2,1H3. The van der Waals surface area contributed by atoms with Crippen LogP contribution in [0.4, 0.5) is 4.39 Å². The van der Waals surface area contributed by atoms with Crippen LogP contribution in [0.2, 0.25) is 0 Å². The van der Waals surface area contributed by atoms with Crippen LogP contribution in [0.3, 0.4) is 0 Å². The predicted molar refractivity (Wildman–Crippen MR) is 61.9 cm³/mol. The van der Waals surface area contributed by atoms with Crippen molar-refractivity contribution in [3.8, 4) is 0 Å². The summed E-state index contributed by atoms with van der Waals surface area (Å²) in [7, 11) is 0. The number of hydrogen-bond acceptors (Lipinski definition) is 4. The second-order valence-electron chi connectivity index (χ2n) is 3.19. The summed E-state index contributed by atoms with van der Waals surface area (Å²) >= 11 is 1.76. The van der Waals surface area contributed by atoms with E-state index in [0.29, 0.717) is 5.56 Å². The average Bonchev–Trinajstić information content (AvgIpc) is 2.26. The lowest BCUT2D eigenvalue weighted by molar-refractivity contribution is 0.542. The summed E-state index contributed by atoms with van der Waals surface area (Å²) < 4.78 is 13.4. The van der Waals surface area contributed by atoms with E-state index in [1.165, 1.54) is 6.20 Å². The number of aromatic nitrogens is 1. The zero-order valence-electron chi connectivity index (χ0n) is 8.74.